The van der Waals surface area contributed by atoms with Crippen molar-refractivity contribution in [2.75, 3.05) is 30.0 Å². The van der Waals surface area contributed by atoms with Crippen LogP contribution >= 0.6 is 11.3 Å². The zero-order valence-electron chi connectivity index (χ0n) is 12.1. The summed E-state index contributed by atoms with van der Waals surface area (Å²) in [6.07, 6.45) is 0.996. The van der Waals surface area contributed by atoms with Gasteiger partial charge in [0.15, 0.2) is 9.84 Å². The lowest BCUT2D eigenvalue weighted by Gasteiger charge is -2.36. The molecule has 0 radical (unpaired) electrons. The van der Waals surface area contributed by atoms with Crippen molar-refractivity contribution in [1.82, 2.24) is 0 Å². The highest BCUT2D eigenvalue weighted by Crippen LogP contribution is 2.42. The van der Waals surface area contributed by atoms with Crippen LogP contribution in [0.1, 0.15) is 23.5 Å². The number of thiophene rings is 1. The summed E-state index contributed by atoms with van der Waals surface area (Å²) in [5.41, 5.74) is 11.1. The van der Waals surface area contributed by atoms with Crippen molar-refractivity contribution in [1.29, 1.82) is 0 Å². The number of ether oxygens (including phenoxy) is 1. The van der Waals surface area contributed by atoms with Crippen LogP contribution in [0.3, 0.4) is 0 Å². The van der Waals surface area contributed by atoms with Crippen LogP contribution in [0.5, 0.6) is 0 Å². The first kappa shape index (κ1) is 16.1. The molecule has 9 heteroatoms. The Morgan fingerprint density at radius 2 is 1.86 bits per heavy atom. The number of hydrogen-bond acceptors (Lipinski definition) is 7. The zero-order valence-corrected chi connectivity index (χ0v) is 13.8. The summed E-state index contributed by atoms with van der Waals surface area (Å²) >= 11 is 1.02. The molecule has 4 N–H and O–H groups in total. The average molecular weight is 333 g/mol. The van der Waals surface area contributed by atoms with Gasteiger partial charge in [0.05, 0.1) is 17.9 Å². The van der Waals surface area contributed by atoms with Gasteiger partial charge in [0.2, 0.25) is 0 Å². The molecule has 2 heterocycles. The van der Waals surface area contributed by atoms with Crippen molar-refractivity contribution >= 4 is 37.8 Å². The largest absolute Gasteiger partial charge is 0.396 e. The molecule has 1 saturated heterocycles. The topological polar surface area (TPSA) is 116 Å². The summed E-state index contributed by atoms with van der Waals surface area (Å²) < 4.78 is 29.7. The lowest BCUT2D eigenvalue weighted by molar-refractivity contribution is -0.00515. The van der Waals surface area contributed by atoms with Crippen LogP contribution in [0.4, 0.5) is 10.7 Å². The molecule has 1 fully saturated rings. The minimum Gasteiger partial charge on any atom is -0.396 e. The summed E-state index contributed by atoms with van der Waals surface area (Å²) in [7, 11) is -3.57. The molecule has 0 bridgehead atoms. The summed E-state index contributed by atoms with van der Waals surface area (Å²) in [5.74, 6) is -0.719. The van der Waals surface area contributed by atoms with E-state index in [-0.39, 0.29) is 27.7 Å². The number of sulfone groups is 1. The molecule has 0 unspecified atom stereocenters. The lowest BCUT2D eigenvalue weighted by Crippen LogP contribution is -2.45. The standard InChI is InChI=1S/C12H19N3O4S2/c1-6-4-15(5-7(2)19-6)12-10(21(3,17)18)8(13)9(20-12)11(14)16/h6-7H,4-5,13H2,1-3H3,(H2,14,16)/t6-,7+. The van der Waals surface area contributed by atoms with Gasteiger partial charge in [0.1, 0.15) is 14.8 Å². The van der Waals surface area contributed by atoms with Crippen LogP contribution < -0.4 is 16.4 Å². The van der Waals surface area contributed by atoms with E-state index in [0.717, 1.165) is 17.6 Å². The van der Waals surface area contributed by atoms with Crippen molar-refractivity contribution in [2.45, 2.75) is 31.0 Å². The Labute approximate surface area is 127 Å². The van der Waals surface area contributed by atoms with E-state index < -0.39 is 15.7 Å². The molecule has 0 saturated carbocycles. The molecule has 2 atom stereocenters. The summed E-state index contributed by atoms with van der Waals surface area (Å²) in [6.45, 7) is 4.89. The molecule has 118 valence electrons. The molecular formula is C12H19N3O4S2. The van der Waals surface area contributed by atoms with Crippen molar-refractivity contribution in [3.05, 3.63) is 4.88 Å². The van der Waals surface area contributed by atoms with Crippen molar-refractivity contribution < 1.29 is 17.9 Å². The quantitative estimate of drug-likeness (QED) is 0.829. The second kappa shape index (κ2) is 5.47. The van der Waals surface area contributed by atoms with E-state index in [1.165, 1.54) is 0 Å². The Kier molecular flexibility index (Phi) is 4.18. The number of carbonyl (C=O) groups excluding carboxylic acids is 1. The van der Waals surface area contributed by atoms with Crippen LogP contribution in [0, 0.1) is 0 Å². The molecule has 7 nitrogen and oxygen atoms in total. The predicted molar refractivity (Wildman–Crippen MR) is 82.6 cm³/mol. The number of amides is 1. The van der Waals surface area contributed by atoms with Gasteiger partial charge in [-0.25, -0.2) is 8.42 Å². The number of carbonyl (C=O) groups is 1. The molecule has 21 heavy (non-hydrogen) atoms. The number of nitrogens with two attached hydrogens (primary N) is 2. The predicted octanol–water partition coefficient (Wildman–Crippen LogP) is 0.446. The fourth-order valence-electron chi connectivity index (χ4n) is 2.51. The highest BCUT2D eigenvalue weighted by molar-refractivity contribution is 7.91. The maximum absolute atomic E-state index is 12.0. The Hall–Kier alpha value is -1.32. The van der Waals surface area contributed by atoms with Crippen molar-refractivity contribution in [3.8, 4) is 0 Å². The number of nitrogen functional groups attached to an aromatic ring is 1. The van der Waals surface area contributed by atoms with E-state index in [1.807, 2.05) is 18.7 Å². The SMILES string of the molecule is C[C@@H]1CN(c2sc(C(N)=O)c(N)c2S(C)(=O)=O)C[C@H](C)O1. The number of morpholine rings is 1. The molecule has 1 aliphatic heterocycles. The van der Waals surface area contributed by atoms with Gasteiger partial charge >= 0.3 is 0 Å². The van der Waals surface area contributed by atoms with Crippen molar-refractivity contribution in [3.63, 3.8) is 0 Å². The average Bonchev–Trinajstić information content (AvgIpc) is 2.65. The Morgan fingerprint density at radius 1 is 1.33 bits per heavy atom. The van der Waals surface area contributed by atoms with Gasteiger partial charge in [-0.1, -0.05) is 0 Å². The minimum atomic E-state index is -3.57. The third kappa shape index (κ3) is 3.14. The highest BCUT2D eigenvalue weighted by Gasteiger charge is 2.32. The fourth-order valence-corrected chi connectivity index (χ4v) is 5.09. The smallest absolute Gasteiger partial charge is 0.261 e. The summed E-state index contributed by atoms with van der Waals surface area (Å²) in [4.78, 5) is 13.4. The van der Waals surface area contributed by atoms with Crippen molar-refractivity contribution in [2.24, 2.45) is 5.73 Å². The fraction of sp³-hybridized carbons (Fsp3) is 0.583. The summed E-state index contributed by atoms with van der Waals surface area (Å²) in [5, 5.41) is 0.464. The molecule has 1 aromatic heterocycles. The van der Waals surface area contributed by atoms with Gasteiger partial charge in [-0.2, -0.15) is 0 Å². The molecule has 1 aromatic rings. The molecule has 2 rings (SSSR count). The number of anilines is 2. The minimum absolute atomic E-state index is 0.0115. The summed E-state index contributed by atoms with van der Waals surface area (Å²) in [6, 6.07) is 0. The van der Waals surface area contributed by atoms with E-state index >= 15 is 0 Å². The molecule has 1 amide bonds. The third-order valence-corrected chi connectivity index (χ3v) is 5.75. The van der Waals surface area contributed by atoms with Gasteiger partial charge in [0, 0.05) is 19.3 Å². The van der Waals surface area contributed by atoms with Crippen LogP contribution in [-0.2, 0) is 14.6 Å². The number of nitrogens with zero attached hydrogens (tertiary/aromatic N) is 1. The van der Waals surface area contributed by atoms with Gasteiger partial charge in [-0.15, -0.1) is 11.3 Å². The monoisotopic (exact) mass is 333 g/mol. The first-order chi connectivity index (χ1) is 9.61. The van der Waals surface area contributed by atoms with E-state index in [1.54, 1.807) is 0 Å². The van der Waals surface area contributed by atoms with Gasteiger partial charge in [-0.3, -0.25) is 4.79 Å². The molecular weight excluding hydrogens is 314 g/mol. The van der Waals surface area contributed by atoms with E-state index in [2.05, 4.69) is 0 Å². The van der Waals surface area contributed by atoms with Gasteiger partial charge < -0.3 is 21.1 Å². The number of primary amides is 1. The molecule has 0 spiro atoms. The maximum Gasteiger partial charge on any atom is 0.261 e. The molecule has 0 aromatic carbocycles. The second-order valence-corrected chi connectivity index (χ2v) is 8.23. The first-order valence-corrected chi connectivity index (χ1v) is 9.14. The van der Waals surface area contributed by atoms with E-state index in [4.69, 9.17) is 16.2 Å². The van der Waals surface area contributed by atoms with Crippen LogP contribution in [0.25, 0.3) is 0 Å². The molecule has 0 aliphatic carbocycles. The zero-order chi connectivity index (χ0) is 15.9. The molecule has 1 aliphatic rings. The van der Waals surface area contributed by atoms with Gasteiger partial charge in [0.25, 0.3) is 5.91 Å². The van der Waals surface area contributed by atoms with Crippen LogP contribution in [-0.4, -0.2) is 45.9 Å². The second-order valence-electron chi connectivity index (χ2n) is 5.28. The lowest BCUT2D eigenvalue weighted by atomic mass is 10.2. The Bertz CT molecular complexity index is 658. The highest BCUT2D eigenvalue weighted by atomic mass is 32.2. The van der Waals surface area contributed by atoms with Gasteiger partial charge in [-0.05, 0) is 13.8 Å². The van der Waals surface area contributed by atoms with Crippen LogP contribution in [0.2, 0.25) is 0 Å². The van der Waals surface area contributed by atoms with E-state index in [0.29, 0.717) is 18.1 Å². The Balaban J connectivity index is 2.57. The first-order valence-electron chi connectivity index (χ1n) is 6.43. The Morgan fingerprint density at radius 3 is 2.29 bits per heavy atom. The number of hydrogen-bond donors (Lipinski definition) is 2. The number of rotatable bonds is 3. The van der Waals surface area contributed by atoms with E-state index in [9.17, 15) is 13.2 Å². The maximum atomic E-state index is 12.0. The normalized spacial score (nSPS) is 23.3. The third-order valence-electron chi connectivity index (χ3n) is 3.18. The van der Waals surface area contributed by atoms with Crippen LogP contribution in [0.15, 0.2) is 4.90 Å².